The Morgan fingerprint density at radius 1 is 0.680 bits per heavy atom. The second-order valence-electron chi connectivity index (χ2n) is 6.53. The van der Waals surface area contributed by atoms with Crippen molar-refractivity contribution in [3.05, 3.63) is 46.5 Å². The molecule has 25 heavy (non-hydrogen) atoms. The molecule has 132 valence electrons. The molecular formula is C20H23NO4. The Hall–Kier alpha value is -2.40. The van der Waals surface area contributed by atoms with Crippen molar-refractivity contribution in [2.75, 3.05) is 35.0 Å². The number of ether oxygens (including phenoxy) is 4. The molecule has 4 rings (SSSR count). The first-order chi connectivity index (χ1) is 12.2. The minimum absolute atomic E-state index is 0.298. The zero-order chi connectivity index (χ0) is 17.6. The predicted octanol–water partition coefficient (Wildman–Crippen LogP) is 3.18. The lowest BCUT2D eigenvalue weighted by molar-refractivity contribution is 0.212. The lowest BCUT2D eigenvalue weighted by Crippen LogP contribution is -2.38. The van der Waals surface area contributed by atoms with E-state index in [2.05, 4.69) is 29.2 Å². The van der Waals surface area contributed by atoms with E-state index in [1.165, 1.54) is 22.3 Å². The van der Waals surface area contributed by atoms with Gasteiger partial charge in [-0.05, 0) is 46.5 Å². The number of nitrogens with zero attached hydrogens (tertiary/aromatic N) is 1. The summed E-state index contributed by atoms with van der Waals surface area (Å²) in [5.74, 6) is 3.43. The van der Waals surface area contributed by atoms with Crippen LogP contribution in [0.3, 0.4) is 0 Å². The monoisotopic (exact) mass is 341 g/mol. The molecule has 0 saturated carbocycles. The Bertz CT molecular complexity index is 752. The number of benzene rings is 2. The molecule has 0 atom stereocenters. The maximum Gasteiger partial charge on any atom is 0.161 e. The lowest BCUT2D eigenvalue weighted by atomic mass is 9.79. The van der Waals surface area contributed by atoms with Gasteiger partial charge in [-0.25, -0.2) is 0 Å². The molecule has 0 unspecified atom stereocenters. The molecule has 0 saturated heterocycles. The molecule has 0 aromatic heterocycles. The van der Waals surface area contributed by atoms with Gasteiger partial charge >= 0.3 is 0 Å². The van der Waals surface area contributed by atoms with E-state index in [4.69, 9.17) is 18.9 Å². The van der Waals surface area contributed by atoms with Crippen LogP contribution in [0.4, 0.5) is 0 Å². The predicted molar refractivity (Wildman–Crippen MR) is 95.0 cm³/mol. The van der Waals surface area contributed by atoms with E-state index in [-0.39, 0.29) is 0 Å². The van der Waals surface area contributed by atoms with Gasteiger partial charge < -0.3 is 18.9 Å². The highest BCUT2D eigenvalue weighted by molar-refractivity contribution is 5.57. The minimum atomic E-state index is 0.298. The molecular weight excluding hydrogens is 318 g/mol. The summed E-state index contributed by atoms with van der Waals surface area (Å²) in [6, 6.07) is 8.47. The SMILES string of the molecule is COc1cc2c(cc1OC)C1CN(C2)Cc2cc(OC)c(OC)cc21. The van der Waals surface area contributed by atoms with Crippen LogP contribution in [0.5, 0.6) is 23.0 Å². The summed E-state index contributed by atoms with van der Waals surface area (Å²) < 4.78 is 22.0. The molecule has 2 heterocycles. The van der Waals surface area contributed by atoms with Crippen LogP contribution in [0.2, 0.25) is 0 Å². The molecule has 2 aliphatic rings. The topological polar surface area (TPSA) is 40.2 Å². The fourth-order valence-corrected chi connectivity index (χ4v) is 4.09. The minimum Gasteiger partial charge on any atom is -0.493 e. The standard InChI is InChI=1S/C20H23NO4/c1-22-17-5-12-9-21-10-13-6-18(23-2)20(25-4)8-15(13)16(11-21)14(12)7-19(17)24-3/h5-8,16H,9-11H2,1-4H3. The Morgan fingerprint density at radius 3 is 1.48 bits per heavy atom. The van der Waals surface area contributed by atoms with Crippen molar-refractivity contribution in [2.24, 2.45) is 0 Å². The van der Waals surface area contributed by atoms with Crippen LogP contribution in [0, 0.1) is 0 Å². The molecule has 0 amide bonds. The molecule has 2 aliphatic heterocycles. The van der Waals surface area contributed by atoms with Gasteiger partial charge in [-0.1, -0.05) is 0 Å². The van der Waals surface area contributed by atoms with Crippen molar-refractivity contribution >= 4 is 0 Å². The highest BCUT2D eigenvalue weighted by atomic mass is 16.5. The van der Waals surface area contributed by atoms with Gasteiger partial charge in [0.1, 0.15) is 0 Å². The maximum absolute atomic E-state index is 5.53. The van der Waals surface area contributed by atoms with Crippen LogP contribution in [0.25, 0.3) is 0 Å². The summed E-state index contributed by atoms with van der Waals surface area (Å²) in [6.07, 6.45) is 0. The molecule has 2 aromatic rings. The third-order valence-electron chi connectivity index (χ3n) is 5.27. The number of rotatable bonds is 4. The molecule has 2 bridgehead atoms. The molecule has 0 spiro atoms. The zero-order valence-corrected chi connectivity index (χ0v) is 15.1. The van der Waals surface area contributed by atoms with Gasteiger partial charge in [0.15, 0.2) is 23.0 Å². The summed E-state index contributed by atoms with van der Waals surface area (Å²) in [4.78, 5) is 2.47. The largest absolute Gasteiger partial charge is 0.493 e. The van der Waals surface area contributed by atoms with Crippen LogP contribution in [-0.2, 0) is 13.1 Å². The van der Waals surface area contributed by atoms with Crippen molar-refractivity contribution in [1.82, 2.24) is 4.90 Å². The van der Waals surface area contributed by atoms with Crippen LogP contribution in [-0.4, -0.2) is 39.9 Å². The van der Waals surface area contributed by atoms with E-state index in [0.29, 0.717) is 5.92 Å². The van der Waals surface area contributed by atoms with E-state index >= 15 is 0 Å². The number of hydrogen-bond donors (Lipinski definition) is 0. The Balaban J connectivity index is 1.87. The van der Waals surface area contributed by atoms with E-state index in [9.17, 15) is 0 Å². The molecule has 2 aromatic carbocycles. The fourth-order valence-electron chi connectivity index (χ4n) is 4.09. The van der Waals surface area contributed by atoms with Crippen molar-refractivity contribution < 1.29 is 18.9 Å². The Labute approximate surface area is 148 Å². The van der Waals surface area contributed by atoms with Gasteiger partial charge in [0.2, 0.25) is 0 Å². The smallest absolute Gasteiger partial charge is 0.161 e. The third-order valence-corrected chi connectivity index (χ3v) is 5.27. The van der Waals surface area contributed by atoms with Gasteiger partial charge in [0, 0.05) is 25.6 Å². The van der Waals surface area contributed by atoms with Crippen molar-refractivity contribution in [1.29, 1.82) is 0 Å². The molecule has 0 N–H and O–H groups in total. The van der Waals surface area contributed by atoms with Crippen LogP contribution >= 0.6 is 0 Å². The van der Waals surface area contributed by atoms with E-state index in [0.717, 1.165) is 42.6 Å². The first-order valence-electron chi connectivity index (χ1n) is 8.40. The molecule has 0 aliphatic carbocycles. The molecule has 0 radical (unpaired) electrons. The normalized spacial score (nSPS) is 20.3. The highest BCUT2D eigenvalue weighted by Crippen LogP contribution is 2.46. The molecule has 5 heteroatoms. The highest BCUT2D eigenvalue weighted by Gasteiger charge is 2.34. The van der Waals surface area contributed by atoms with Gasteiger partial charge in [-0.2, -0.15) is 0 Å². The summed E-state index contributed by atoms with van der Waals surface area (Å²) >= 11 is 0. The molecule has 0 fully saturated rings. The van der Waals surface area contributed by atoms with Crippen molar-refractivity contribution in [3.63, 3.8) is 0 Å². The second kappa shape index (κ2) is 6.15. The molecule has 5 nitrogen and oxygen atoms in total. The quantitative estimate of drug-likeness (QED) is 0.854. The number of methoxy groups -OCH3 is 4. The van der Waals surface area contributed by atoms with Gasteiger partial charge in [-0.15, -0.1) is 0 Å². The Kier molecular flexibility index (Phi) is 3.96. The van der Waals surface area contributed by atoms with Gasteiger partial charge in [0.25, 0.3) is 0 Å². The van der Waals surface area contributed by atoms with E-state index in [1.807, 2.05) is 0 Å². The Morgan fingerprint density at radius 2 is 1.08 bits per heavy atom. The third kappa shape index (κ3) is 2.50. The first-order valence-corrected chi connectivity index (χ1v) is 8.40. The second-order valence-corrected chi connectivity index (χ2v) is 6.53. The van der Waals surface area contributed by atoms with Crippen LogP contribution in [0.15, 0.2) is 24.3 Å². The number of hydrogen-bond acceptors (Lipinski definition) is 5. The van der Waals surface area contributed by atoms with E-state index < -0.39 is 0 Å². The fraction of sp³-hybridized carbons (Fsp3) is 0.400. The summed E-state index contributed by atoms with van der Waals surface area (Å²) in [5, 5.41) is 0. The van der Waals surface area contributed by atoms with Crippen LogP contribution in [0.1, 0.15) is 28.2 Å². The van der Waals surface area contributed by atoms with Crippen LogP contribution < -0.4 is 18.9 Å². The lowest BCUT2D eigenvalue weighted by Gasteiger charge is -2.41. The average molecular weight is 341 g/mol. The summed E-state index contributed by atoms with van der Waals surface area (Å²) in [7, 11) is 6.73. The van der Waals surface area contributed by atoms with Crippen molar-refractivity contribution in [3.8, 4) is 23.0 Å². The maximum atomic E-state index is 5.53. The summed E-state index contributed by atoms with van der Waals surface area (Å²) in [5.41, 5.74) is 5.22. The first kappa shape index (κ1) is 16.1. The van der Waals surface area contributed by atoms with Gasteiger partial charge in [0.05, 0.1) is 28.4 Å². The summed E-state index contributed by atoms with van der Waals surface area (Å²) in [6.45, 7) is 2.84. The van der Waals surface area contributed by atoms with Gasteiger partial charge in [-0.3, -0.25) is 4.90 Å². The average Bonchev–Trinajstić information content (AvgIpc) is 2.65. The zero-order valence-electron chi connectivity index (χ0n) is 15.1. The van der Waals surface area contributed by atoms with E-state index in [1.54, 1.807) is 28.4 Å². The van der Waals surface area contributed by atoms with Crippen molar-refractivity contribution in [2.45, 2.75) is 19.0 Å². The number of fused-ring (bicyclic) bond motifs is 6.